The third-order valence-corrected chi connectivity index (χ3v) is 4.70. The number of ether oxygens (including phenoxy) is 2. The fourth-order valence-corrected chi connectivity index (χ4v) is 2.76. The van der Waals surface area contributed by atoms with Crippen LogP contribution in [0, 0.1) is 42.0 Å². The molecule has 0 amide bonds. The third kappa shape index (κ3) is 6.13. The van der Waals surface area contributed by atoms with Gasteiger partial charge in [0, 0.05) is 35.4 Å². The zero-order chi connectivity index (χ0) is 24.0. The van der Waals surface area contributed by atoms with E-state index >= 15 is 0 Å². The maximum Gasteiger partial charge on any atom is 0.343 e. The van der Waals surface area contributed by atoms with Crippen LogP contribution >= 0.6 is 0 Å². The molecule has 3 rings (SSSR count). The van der Waals surface area contributed by atoms with Gasteiger partial charge in [-0.3, -0.25) is 0 Å². The topological polar surface area (TPSA) is 35.5 Å². The van der Waals surface area contributed by atoms with Crippen LogP contribution in [-0.4, -0.2) is 12.6 Å². The van der Waals surface area contributed by atoms with Crippen molar-refractivity contribution in [1.82, 2.24) is 0 Å². The van der Waals surface area contributed by atoms with Gasteiger partial charge in [-0.2, -0.15) is 0 Å². The van der Waals surface area contributed by atoms with Gasteiger partial charge in [0.05, 0.1) is 17.7 Å². The monoisotopic (exact) mass is 456 g/mol. The van der Waals surface area contributed by atoms with Crippen molar-refractivity contribution >= 4 is 5.97 Å². The van der Waals surface area contributed by atoms with Gasteiger partial charge in [0.1, 0.15) is 34.8 Å². The summed E-state index contributed by atoms with van der Waals surface area (Å²) in [5.41, 5.74) is -0.0806. The second-order valence-electron chi connectivity index (χ2n) is 7.19. The molecule has 0 aromatic heterocycles. The van der Waals surface area contributed by atoms with Crippen LogP contribution in [-0.2, 0) is 0 Å². The number of hydrogen-bond donors (Lipinski definition) is 0. The van der Waals surface area contributed by atoms with Crippen molar-refractivity contribution < 1.29 is 31.8 Å². The standard InChI is InChI=1S/C26H20F4O3/c1-3-4-11-32-19-12-24(29)21(25(30)13-19)10-7-17-5-8-18(9-6-17)26(31)33-20-14-22(27)16(2)23(28)15-20/h5-6,8-9,12-15H,3-4,11H2,1-2H3. The van der Waals surface area contributed by atoms with Crippen molar-refractivity contribution in [2.75, 3.05) is 6.61 Å². The van der Waals surface area contributed by atoms with Crippen LogP contribution in [0.1, 0.15) is 46.8 Å². The van der Waals surface area contributed by atoms with E-state index in [1.807, 2.05) is 6.92 Å². The molecule has 0 aliphatic heterocycles. The van der Waals surface area contributed by atoms with Crippen LogP contribution in [0.15, 0.2) is 48.5 Å². The van der Waals surface area contributed by atoms with Crippen LogP contribution < -0.4 is 9.47 Å². The fraction of sp³-hybridized carbons (Fsp3) is 0.192. The Morgan fingerprint density at radius 1 is 0.848 bits per heavy atom. The molecule has 3 aromatic rings. The lowest BCUT2D eigenvalue weighted by molar-refractivity contribution is 0.0734. The summed E-state index contributed by atoms with van der Waals surface area (Å²) < 4.78 is 66.0. The Hall–Kier alpha value is -3.79. The van der Waals surface area contributed by atoms with E-state index in [-0.39, 0.29) is 22.6 Å². The maximum absolute atomic E-state index is 14.2. The summed E-state index contributed by atoms with van der Waals surface area (Å²) in [4.78, 5) is 12.2. The van der Waals surface area contributed by atoms with Crippen molar-refractivity contribution in [2.45, 2.75) is 26.7 Å². The Morgan fingerprint density at radius 2 is 1.42 bits per heavy atom. The van der Waals surface area contributed by atoms with E-state index in [2.05, 4.69) is 11.8 Å². The molecule has 170 valence electrons. The average Bonchev–Trinajstić information content (AvgIpc) is 2.77. The summed E-state index contributed by atoms with van der Waals surface area (Å²) in [6, 6.07) is 9.67. The number of unbranched alkanes of at least 4 members (excludes halogenated alkanes) is 1. The van der Waals surface area contributed by atoms with Crippen LogP contribution in [0.25, 0.3) is 0 Å². The highest BCUT2D eigenvalue weighted by molar-refractivity contribution is 5.91. The number of halogens is 4. The minimum atomic E-state index is -0.841. The molecule has 33 heavy (non-hydrogen) atoms. The Morgan fingerprint density at radius 3 is 2.00 bits per heavy atom. The highest BCUT2D eigenvalue weighted by atomic mass is 19.1. The van der Waals surface area contributed by atoms with Crippen molar-refractivity contribution in [3.63, 3.8) is 0 Å². The first-order chi connectivity index (χ1) is 15.8. The molecule has 7 heteroatoms. The molecule has 0 unspecified atom stereocenters. The largest absolute Gasteiger partial charge is 0.493 e. The second kappa shape index (κ2) is 10.7. The van der Waals surface area contributed by atoms with E-state index in [1.165, 1.54) is 31.2 Å². The maximum atomic E-state index is 14.2. The normalized spacial score (nSPS) is 10.4. The lowest BCUT2D eigenvalue weighted by Gasteiger charge is -2.07. The SMILES string of the molecule is CCCCOc1cc(F)c(C#Cc2ccc(C(=O)Oc3cc(F)c(C)c(F)c3)cc2)c(F)c1. The molecule has 3 nitrogen and oxygen atoms in total. The van der Waals surface area contributed by atoms with Crippen LogP contribution in [0.5, 0.6) is 11.5 Å². The summed E-state index contributed by atoms with van der Waals surface area (Å²) in [6.45, 7) is 3.61. The van der Waals surface area contributed by atoms with Crippen molar-refractivity contribution in [2.24, 2.45) is 0 Å². The number of esters is 1. The number of carbonyl (C=O) groups is 1. The Labute approximate surface area is 189 Å². The molecule has 3 aromatic carbocycles. The van der Waals surface area contributed by atoms with E-state index in [0.29, 0.717) is 12.2 Å². The minimum Gasteiger partial charge on any atom is -0.493 e. The summed E-state index contributed by atoms with van der Waals surface area (Å²) in [7, 11) is 0. The smallest absolute Gasteiger partial charge is 0.343 e. The fourth-order valence-electron chi connectivity index (χ4n) is 2.76. The molecule has 0 N–H and O–H groups in total. The van der Waals surface area contributed by atoms with E-state index < -0.39 is 34.8 Å². The Balaban J connectivity index is 1.71. The molecule has 0 aliphatic rings. The molecule has 0 atom stereocenters. The average molecular weight is 456 g/mol. The molecule has 0 spiro atoms. The van der Waals surface area contributed by atoms with Gasteiger partial charge >= 0.3 is 5.97 Å². The van der Waals surface area contributed by atoms with Crippen molar-refractivity contribution in [3.8, 4) is 23.3 Å². The molecule has 0 radical (unpaired) electrons. The van der Waals surface area contributed by atoms with E-state index in [4.69, 9.17) is 9.47 Å². The van der Waals surface area contributed by atoms with Crippen LogP contribution in [0.3, 0.4) is 0 Å². The van der Waals surface area contributed by atoms with Crippen LogP contribution in [0.2, 0.25) is 0 Å². The summed E-state index contributed by atoms with van der Waals surface area (Å²) >= 11 is 0. The van der Waals surface area contributed by atoms with E-state index in [9.17, 15) is 22.4 Å². The van der Waals surface area contributed by atoms with Gasteiger partial charge in [-0.1, -0.05) is 25.2 Å². The Bertz CT molecular complexity index is 1180. The van der Waals surface area contributed by atoms with E-state index in [1.54, 1.807) is 0 Å². The van der Waals surface area contributed by atoms with Gasteiger partial charge in [0.25, 0.3) is 0 Å². The van der Waals surface area contributed by atoms with E-state index in [0.717, 1.165) is 37.1 Å². The van der Waals surface area contributed by atoms with Gasteiger partial charge in [-0.05, 0) is 37.6 Å². The molecule has 0 aliphatic carbocycles. The molecular weight excluding hydrogens is 436 g/mol. The van der Waals surface area contributed by atoms with Gasteiger partial charge < -0.3 is 9.47 Å². The Kier molecular flexibility index (Phi) is 7.73. The molecule has 0 heterocycles. The number of rotatable bonds is 6. The molecule has 0 fully saturated rings. The zero-order valence-corrected chi connectivity index (χ0v) is 18.0. The van der Waals surface area contributed by atoms with Gasteiger partial charge in [0.15, 0.2) is 0 Å². The molecule has 0 bridgehead atoms. The zero-order valence-electron chi connectivity index (χ0n) is 18.0. The molecular formula is C26H20F4O3. The number of benzene rings is 3. The summed E-state index contributed by atoms with van der Waals surface area (Å²) in [5, 5.41) is 0. The molecule has 0 saturated heterocycles. The first-order valence-electron chi connectivity index (χ1n) is 10.2. The first kappa shape index (κ1) is 23.9. The van der Waals surface area contributed by atoms with Crippen molar-refractivity contribution in [3.05, 3.63) is 94.1 Å². The highest BCUT2D eigenvalue weighted by Crippen LogP contribution is 2.22. The first-order valence-corrected chi connectivity index (χ1v) is 10.2. The van der Waals surface area contributed by atoms with Crippen molar-refractivity contribution in [1.29, 1.82) is 0 Å². The predicted octanol–water partition coefficient (Wildman–Crippen LogP) is 6.35. The second-order valence-corrected chi connectivity index (χ2v) is 7.19. The molecule has 0 saturated carbocycles. The quantitative estimate of drug-likeness (QED) is 0.143. The minimum absolute atomic E-state index is 0.0974. The highest BCUT2D eigenvalue weighted by Gasteiger charge is 2.13. The predicted molar refractivity (Wildman–Crippen MR) is 115 cm³/mol. The van der Waals surface area contributed by atoms with Crippen LogP contribution in [0.4, 0.5) is 17.6 Å². The van der Waals surface area contributed by atoms with Gasteiger partial charge in [-0.15, -0.1) is 0 Å². The number of hydrogen-bond acceptors (Lipinski definition) is 3. The summed E-state index contributed by atoms with van der Waals surface area (Å²) in [6.07, 6.45) is 1.67. The van der Waals surface area contributed by atoms with Gasteiger partial charge in [0.2, 0.25) is 0 Å². The third-order valence-electron chi connectivity index (χ3n) is 4.70. The lowest BCUT2D eigenvalue weighted by Crippen LogP contribution is -2.09. The lowest BCUT2D eigenvalue weighted by atomic mass is 10.1. The number of carbonyl (C=O) groups excluding carboxylic acids is 1. The summed E-state index contributed by atoms with van der Waals surface area (Å²) in [5.74, 6) is 0.735. The van der Waals surface area contributed by atoms with Gasteiger partial charge in [-0.25, -0.2) is 22.4 Å².